The number of nitro groups is 1. The molecule has 1 unspecified atom stereocenters. The molecule has 3 rings (SSSR count). The van der Waals surface area contributed by atoms with Gasteiger partial charge in [-0.3, -0.25) is 14.9 Å². The Hall–Kier alpha value is -2.82. The van der Waals surface area contributed by atoms with Crippen LogP contribution in [0.4, 0.5) is 11.4 Å². The van der Waals surface area contributed by atoms with Gasteiger partial charge in [-0.25, -0.2) is 0 Å². The molecule has 0 spiro atoms. The zero-order chi connectivity index (χ0) is 22.5. The minimum Gasteiger partial charge on any atom is -0.481 e. The average molecular weight is 482 g/mol. The van der Waals surface area contributed by atoms with E-state index >= 15 is 0 Å². The maximum absolute atomic E-state index is 12.2. The van der Waals surface area contributed by atoms with Gasteiger partial charge in [-0.2, -0.15) is 0 Å². The van der Waals surface area contributed by atoms with Crippen molar-refractivity contribution in [3.05, 3.63) is 68.4 Å². The first-order chi connectivity index (χ1) is 14.7. The molecule has 0 saturated heterocycles. The van der Waals surface area contributed by atoms with Crippen LogP contribution < -0.4 is 10.1 Å². The lowest BCUT2D eigenvalue weighted by Gasteiger charge is -2.15. The SMILES string of the molecule is CC(Oc1cc(Cl)ccc1Cl)c1nnc(SCC(=O)Nc2cccc([N+](=O)[O-])c2)n1C. The van der Waals surface area contributed by atoms with E-state index in [1.165, 1.54) is 30.0 Å². The van der Waals surface area contributed by atoms with Gasteiger partial charge in [0, 0.05) is 36.0 Å². The number of nitrogens with zero attached hydrogens (tertiary/aromatic N) is 4. The molecule has 0 bridgehead atoms. The summed E-state index contributed by atoms with van der Waals surface area (Å²) in [4.78, 5) is 22.5. The number of hydrogen-bond donors (Lipinski definition) is 1. The number of benzene rings is 2. The summed E-state index contributed by atoms with van der Waals surface area (Å²) in [6.07, 6.45) is -0.471. The predicted molar refractivity (Wildman–Crippen MR) is 119 cm³/mol. The van der Waals surface area contributed by atoms with Crippen molar-refractivity contribution in [3.63, 3.8) is 0 Å². The van der Waals surface area contributed by atoms with Crippen LogP contribution in [0.25, 0.3) is 0 Å². The van der Waals surface area contributed by atoms with Crippen molar-refractivity contribution < 1.29 is 14.5 Å². The van der Waals surface area contributed by atoms with E-state index < -0.39 is 11.0 Å². The molecular weight excluding hydrogens is 465 g/mol. The van der Waals surface area contributed by atoms with Crippen molar-refractivity contribution in [2.75, 3.05) is 11.1 Å². The molecule has 3 aromatic rings. The van der Waals surface area contributed by atoms with Crippen LogP contribution in [0.3, 0.4) is 0 Å². The minimum atomic E-state index is -0.523. The summed E-state index contributed by atoms with van der Waals surface area (Å²) in [5, 5.41) is 23.1. The van der Waals surface area contributed by atoms with Gasteiger partial charge in [0.05, 0.1) is 15.7 Å². The van der Waals surface area contributed by atoms with E-state index in [0.29, 0.717) is 32.5 Å². The lowest BCUT2D eigenvalue weighted by molar-refractivity contribution is -0.384. The second-order valence-electron chi connectivity index (χ2n) is 6.38. The van der Waals surface area contributed by atoms with Gasteiger partial charge >= 0.3 is 0 Å². The molecule has 1 heterocycles. The number of carbonyl (C=O) groups excluding carboxylic acids is 1. The zero-order valence-electron chi connectivity index (χ0n) is 16.4. The predicted octanol–water partition coefficient (Wildman–Crippen LogP) is 4.90. The molecule has 0 aliphatic carbocycles. The van der Waals surface area contributed by atoms with Gasteiger partial charge in [0.2, 0.25) is 5.91 Å². The fraction of sp³-hybridized carbons (Fsp3) is 0.211. The number of nitro benzene ring substituents is 1. The highest BCUT2D eigenvalue weighted by atomic mass is 35.5. The summed E-state index contributed by atoms with van der Waals surface area (Å²) in [5.74, 6) is 0.683. The topological polar surface area (TPSA) is 112 Å². The number of amides is 1. The number of aromatic nitrogens is 3. The number of non-ortho nitro benzene ring substituents is 1. The molecule has 162 valence electrons. The molecule has 0 saturated carbocycles. The van der Waals surface area contributed by atoms with Crippen LogP contribution in [0, 0.1) is 10.1 Å². The first-order valence-electron chi connectivity index (χ1n) is 8.92. The summed E-state index contributed by atoms with van der Waals surface area (Å²) >= 11 is 13.3. The third-order valence-electron chi connectivity index (χ3n) is 4.10. The molecular formula is C19H17Cl2N5O4S. The third-order valence-corrected chi connectivity index (χ3v) is 5.67. The maximum atomic E-state index is 12.2. The largest absolute Gasteiger partial charge is 0.481 e. The molecule has 31 heavy (non-hydrogen) atoms. The number of carbonyl (C=O) groups is 1. The lowest BCUT2D eigenvalue weighted by Crippen LogP contribution is -2.15. The Kier molecular flexibility index (Phi) is 7.37. The third kappa shape index (κ3) is 5.87. The molecule has 1 atom stereocenters. The van der Waals surface area contributed by atoms with Crippen molar-refractivity contribution in [2.24, 2.45) is 7.05 Å². The Labute approximate surface area is 191 Å². The Balaban J connectivity index is 1.61. The molecule has 0 aliphatic rings. The second kappa shape index (κ2) is 9.99. The number of halogens is 2. The molecule has 1 amide bonds. The van der Waals surface area contributed by atoms with Crippen LogP contribution in [0.2, 0.25) is 10.0 Å². The number of thioether (sulfide) groups is 1. The van der Waals surface area contributed by atoms with E-state index in [-0.39, 0.29) is 17.3 Å². The quantitative estimate of drug-likeness (QED) is 0.276. The van der Waals surface area contributed by atoms with E-state index in [9.17, 15) is 14.9 Å². The van der Waals surface area contributed by atoms with E-state index in [0.717, 1.165) is 0 Å². The van der Waals surface area contributed by atoms with E-state index in [2.05, 4.69) is 15.5 Å². The first-order valence-corrected chi connectivity index (χ1v) is 10.7. The van der Waals surface area contributed by atoms with Gasteiger partial charge in [-0.1, -0.05) is 41.0 Å². The number of hydrogen-bond acceptors (Lipinski definition) is 7. The van der Waals surface area contributed by atoms with Gasteiger partial charge in [-0.05, 0) is 25.1 Å². The molecule has 0 aliphatic heterocycles. The van der Waals surface area contributed by atoms with Crippen LogP contribution in [-0.2, 0) is 11.8 Å². The number of ether oxygens (including phenoxy) is 1. The van der Waals surface area contributed by atoms with Gasteiger partial charge in [-0.15, -0.1) is 10.2 Å². The lowest BCUT2D eigenvalue weighted by atomic mass is 10.3. The standard InChI is InChI=1S/C19H17Cl2N5O4S/c1-11(30-16-8-12(20)6-7-15(16)21)18-23-24-19(25(18)2)31-10-17(27)22-13-4-3-5-14(9-13)26(28)29/h3-9,11H,10H2,1-2H3,(H,22,27). The number of rotatable bonds is 8. The molecule has 9 nitrogen and oxygen atoms in total. The fourth-order valence-electron chi connectivity index (χ4n) is 2.64. The highest BCUT2D eigenvalue weighted by Gasteiger charge is 2.19. The Morgan fingerprint density at radius 2 is 2.06 bits per heavy atom. The molecule has 0 radical (unpaired) electrons. The van der Waals surface area contributed by atoms with Gasteiger partial charge in [0.15, 0.2) is 17.1 Å². The fourth-order valence-corrected chi connectivity index (χ4v) is 3.68. The molecule has 0 fully saturated rings. The van der Waals surface area contributed by atoms with E-state index in [1.807, 2.05) is 0 Å². The van der Waals surface area contributed by atoms with Crippen molar-refractivity contribution >= 4 is 52.2 Å². The molecule has 2 aromatic carbocycles. The molecule has 12 heteroatoms. The van der Waals surface area contributed by atoms with Crippen molar-refractivity contribution in [1.82, 2.24) is 14.8 Å². The Bertz CT molecular complexity index is 1120. The van der Waals surface area contributed by atoms with Gasteiger partial charge in [0.1, 0.15) is 5.75 Å². The second-order valence-corrected chi connectivity index (χ2v) is 8.17. The molecule has 1 N–H and O–H groups in total. The first kappa shape index (κ1) is 22.9. The normalized spacial score (nSPS) is 11.7. The monoisotopic (exact) mass is 481 g/mol. The van der Waals surface area contributed by atoms with Gasteiger partial charge < -0.3 is 14.6 Å². The average Bonchev–Trinajstić information content (AvgIpc) is 3.10. The number of nitrogens with one attached hydrogen (secondary N) is 1. The van der Waals surface area contributed by atoms with Crippen molar-refractivity contribution in [3.8, 4) is 5.75 Å². The number of anilines is 1. The maximum Gasteiger partial charge on any atom is 0.271 e. The zero-order valence-corrected chi connectivity index (χ0v) is 18.7. The smallest absolute Gasteiger partial charge is 0.271 e. The minimum absolute atomic E-state index is 0.0457. The summed E-state index contributed by atoms with van der Waals surface area (Å²) in [5.41, 5.74) is 0.246. The van der Waals surface area contributed by atoms with Crippen LogP contribution >= 0.6 is 35.0 Å². The summed E-state index contributed by atoms with van der Waals surface area (Å²) < 4.78 is 7.57. The Morgan fingerprint density at radius 1 is 1.29 bits per heavy atom. The Morgan fingerprint density at radius 3 is 2.81 bits per heavy atom. The summed E-state index contributed by atoms with van der Waals surface area (Å²) in [6, 6.07) is 10.7. The van der Waals surface area contributed by atoms with E-state index in [4.69, 9.17) is 27.9 Å². The summed E-state index contributed by atoms with van der Waals surface area (Å²) in [7, 11) is 1.76. The van der Waals surface area contributed by atoms with E-state index in [1.54, 1.807) is 42.8 Å². The molecule has 1 aromatic heterocycles. The van der Waals surface area contributed by atoms with Crippen molar-refractivity contribution in [1.29, 1.82) is 0 Å². The van der Waals surface area contributed by atoms with Gasteiger partial charge in [0.25, 0.3) is 5.69 Å². The highest BCUT2D eigenvalue weighted by Crippen LogP contribution is 2.31. The summed E-state index contributed by atoms with van der Waals surface area (Å²) in [6.45, 7) is 1.80. The highest BCUT2D eigenvalue weighted by molar-refractivity contribution is 7.99. The van der Waals surface area contributed by atoms with Crippen LogP contribution in [-0.4, -0.2) is 31.3 Å². The van der Waals surface area contributed by atoms with Crippen LogP contribution in [0.1, 0.15) is 18.9 Å². The van der Waals surface area contributed by atoms with Crippen LogP contribution in [0.15, 0.2) is 47.6 Å². The van der Waals surface area contributed by atoms with Crippen LogP contribution in [0.5, 0.6) is 5.75 Å². The van der Waals surface area contributed by atoms with Crippen molar-refractivity contribution in [2.45, 2.75) is 18.2 Å².